The molecule has 7 nitrogen and oxygen atoms in total. The molecule has 0 unspecified atom stereocenters. The van der Waals surface area contributed by atoms with Gasteiger partial charge in [-0.05, 0) is 63.2 Å². The number of nitrogens with one attached hydrogen (secondary N) is 1. The molecule has 0 saturated carbocycles. The van der Waals surface area contributed by atoms with Gasteiger partial charge in [-0.2, -0.15) is 0 Å². The summed E-state index contributed by atoms with van der Waals surface area (Å²) >= 11 is 0. The molecule has 0 spiro atoms. The van der Waals surface area contributed by atoms with E-state index in [0.29, 0.717) is 26.0 Å². The van der Waals surface area contributed by atoms with Crippen LogP contribution in [0.2, 0.25) is 0 Å². The fourth-order valence-corrected chi connectivity index (χ4v) is 5.74. The minimum absolute atomic E-state index is 0.124. The summed E-state index contributed by atoms with van der Waals surface area (Å²) < 4.78 is 5.77. The van der Waals surface area contributed by atoms with Crippen molar-refractivity contribution < 1.29 is 14.3 Å². The summed E-state index contributed by atoms with van der Waals surface area (Å²) in [6, 6.07) is 15.4. The van der Waals surface area contributed by atoms with Crippen LogP contribution in [0.15, 0.2) is 61.2 Å². The molecule has 3 heterocycles. The zero-order valence-electron chi connectivity index (χ0n) is 21.3. The lowest BCUT2D eigenvalue weighted by Crippen LogP contribution is -2.53. The van der Waals surface area contributed by atoms with E-state index in [4.69, 9.17) is 4.74 Å². The number of imide groups is 1. The van der Waals surface area contributed by atoms with Gasteiger partial charge in [-0.15, -0.1) is 6.58 Å². The molecule has 3 aromatic rings. The Bertz CT molecular complexity index is 1300. The van der Waals surface area contributed by atoms with Crippen LogP contribution < -0.4 is 4.74 Å². The maximum atomic E-state index is 13.9. The molecule has 7 heteroatoms. The maximum Gasteiger partial charge on any atom is 0.328 e. The number of H-pyrrole nitrogens is 1. The van der Waals surface area contributed by atoms with Crippen LogP contribution in [0.25, 0.3) is 10.9 Å². The van der Waals surface area contributed by atoms with Gasteiger partial charge in [0.2, 0.25) is 0 Å². The Balaban J connectivity index is 1.57. The number of aromatic amines is 1. The zero-order chi connectivity index (χ0) is 25.4. The predicted octanol–water partition coefficient (Wildman–Crippen LogP) is 4.74. The lowest BCUT2D eigenvalue weighted by Gasteiger charge is -2.42. The summed E-state index contributed by atoms with van der Waals surface area (Å²) in [5, 5.41) is 1.04. The van der Waals surface area contributed by atoms with E-state index in [9.17, 15) is 9.59 Å². The van der Waals surface area contributed by atoms with Crippen LogP contribution in [0.5, 0.6) is 5.75 Å². The van der Waals surface area contributed by atoms with Crippen molar-refractivity contribution in [3.8, 4) is 5.75 Å². The van der Waals surface area contributed by atoms with E-state index in [-0.39, 0.29) is 18.0 Å². The number of ether oxygens (including phenoxy) is 1. The Morgan fingerprint density at radius 2 is 2.00 bits per heavy atom. The normalized spacial score (nSPS) is 21.3. The fraction of sp³-hybridized carbons (Fsp3) is 0.379. The van der Waals surface area contributed by atoms with Crippen molar-refractivity contribution in [3.05, 3.63) is 78.0 Å². The number of carbonyl (C=O) groups is 2. The van der Waals surface area contributed by atoms with E-state index < -0.39 is 5.54 Å². The average molecular weight is 487 g/mol. The minimum atomic E-state index is -0.964. The Morgan fingerprint density at radius 3 is 2.72 bits per heavy atom. The third kappa shape index (κ3) is 3.88. The molecule has 1 saturated heterocycles. The summed E-state index contributed by atoms with van der Waals surface area (Å²) in [4.78, 5) is 36.7. The summed E-state index contributed by atoms with van der Waals surface area (Å²) in [7, 11) is 2.01. The van der Waals surface area contributed by atoms with Gasteiger partial charge in [0.1, 0.15) is 17.3 Å². The van der Waals surface area contributed by atoms with E-state index in [1.807, 2.05) is 75.5 Å². The summed E-state index contributed by atoms with van der Waals surface area (Å²) in [5.41, 5.74) is 3.05. The number of nitrogens with zero attached hydrogens (tertiary/aromatic N) is 3. The fourth-order valence-electron chi connectivity index (χ4n) is 5.74. The summed E-state index contributed by atoms with van der Waals surface area (Å²) in [6.45, 7) is 10.2. The highest BCUT2D eigenvalue weighted by Crippen LogP contribution is 2.49. The van der Waals surface area contributed by atoms with Gasteiger partial charge in [-0.25, -0.2) is 4.79 Å². The molecule has 1 aromatic heterocycles. The number of benzene rings is 2. The maximum absolute atomic E-state index is 13.9. The smallest absolute Gasteiger partial charge is 0.328 e. The SMILES string of the molecule is C=CCN(C)CCCN1C(=O)N2[C@H](c3ccccc3)c3[nH]c4ccc(OCC)cc4c3C[C@@]2(C)C1=O. The number of hydrogen-bond donors (Lipinski definition) is 1. The Morgan fingerprint density at radius 1 is 1.22 bits per heavy atom. The molecular weight excluding hydrogens is 452 g/mol. The van der Waals surface area contributed by atoms with Gasteiger partial charge in [-0.3, -0.25) is 14.6 Å². The molecule has 2 aliphatic rings. The summed E-state index contributed by atoms with van der Waals surface area (Å²) in [5.74, 6) is 0.676. The van der Waals surface area contributed by atoms with Gasteiger partial charge in [0.05, 0.1) is 6.61 Å². The highest BCUT2D eigenvalue weighted by molar-refractivity contribution is 6.08. The van der Waals surface area contributed by atoms with Gasteiger partial charge < -0.3 is 14.6 Å². The van der Waals surface area contributed by atoms with Crippen molar-refractivity contribution in [2.24, 2.45) is 0 Å². The largest absolute Gasteiger partial charge is 0.494 e. The monoisotopic (exact) mass is 486 g/mol. The van der Waals surface area contributed by atoms with Crippen LogP contribution in [0.1, 0.15) is 43.1 Å². The van der Waals surface area contributed by atoms with Crippen LogP contribution in [-0.4, -0.2) is 70.4 Å². The van der Waals surface area contributed by atoms with Crippen LogP contribution in [-0.2, 0) is 11.2 Å². The highest BCUT2D eigenvalue weighted by atomic mass is 16.5. The average Bonchev–Trinajstić information content (AvgIpc) is 3.31. The first kappa shape index (κ1) is 24.1. The van der Waals surface area contributed by atoms with Gasteiger partial charge in [0, 0.05) is 36.1 Å². The van der Waals surface area contributed by atoms with E-state index >= 15 is 0 Å². The number of urea groups is 1. The topological polar surface area (TPSA) is 68.9 Å². The van der Waals surface area contributed by atoms with Crippen LogP contribution >= 0.6 is 0 Å². The lowest BCUT2D eigenvalue weighted by molar-refractivity contribution is -0.133. The van der Waals surface area contributed by atoms with Crippen molar-refractivity contribution in [2.75, 3.05) is 33.3 Å². The van der Waals surface area contributed by atoms with Crippen LogP contribution in [0, 0.1) is 0 Å². The van der Waals surface area contributed by atoms with E-state index in [1.165, 1.54) is 4.90 Å². The molecule has 0 bridgehead atoms. The molecule has 2 aromatic carbocycles. The van der Waals surface area contributed by atoms with Crippen molar-refractivity contribution >= 4 is 22.8 Å². The summed E-state index contributed by atoms with van der Waals surface area (Å²) in [6.07, 6.45) is 3.03. The number of aromatic nitrogens is 1. The predicted molar refractivity (Wildman–Crippen MR) is 141 cm³/mol. The van der Waals surface area contributed by atoms with Gasteiger partial charge in [0.25, 0.3) is 5.91 Å². The number of fused-ring (bicyclic) bond motifs is 4. The van der Waals surface area contributed by atoms with Crippen molar-refractivity contribution in [1.82, 2.24) is 19.7 Å². The molecule has 2 aliphatic heterocycles. The van der Waals surface area contributed by atoms with E-state index in [0.717, 1.165) is 46.6 Å². The van der Waals surface area contributed by atoms with Crippen LogP contribution in [0.3, 0.4) is 0 Å². The van der Waals surface area contributed by atoms with Crippen molar-refractivity contribution in [2.45, 2.75) is 38.3 Å². The van der Waals surface area contributed by atoms with Gasteiger partial charge in [-0.1, -0.05) is 36.4 Å². The third-order valence-electron chi connectivity index (χ3n) is 7.43. The Labute approximate surface area is 212 Å². The molecule has 188 valence electrons. The second-order valence-electron chi connectivity index (χ2n) is 9.94. The first-order valence-corrected chi connectivity index (χ1v) is 12.7. The number of rotatable bonds is 9. The van der Waals surface area contributed by atoms with Gasteiger partial charge in [0.15, 0.2) is 0 Å². The lowest BCUT2D eigenvalue weighted by atomic mass is 9.81. The quantitative estimate of drug-likeness (QED) is 0.350. The Hall–Kier alpha value is -3.58. The molecule has 5 rings (SSSR count). The molecule has 0 radical (unpaired) electrons. The number of likely N-dealkylation sites (N-methyl/N-ethyl adjacent to an activating group) is 1. The Kier molecular flexibility index (Phi) is 6.35. The van der Waals surface area contributed by atoms with Crippen molar-refractivity contribution in [1.29, 1.82) is 0 Å². The molecule has 1 fully saturated rings. The molecule has 36 heavy (non-hydrogen) atoms. The minimum Gasteiger partial charge on any atom is -0.494 e. The van der Waals surface area contributed by atoms with Gasteiger partial charge >= 0.3 is 6.03 Å². The second-order valence-corrected chi connectivity index (χ2v) is 9.94. The molecule has 0 aliphatic carbocycles. The third-order valence-corrected chi connectivity index (χ3v) is 7.43. The molecule has 1 N–H and O–H groups in total. The standard InChI is InChI=1S/C29H34N4O3/c1-5-15-31(4)16-10-17-32-27(34)29(3)19-23-22-18-21(36-6-2)13-14-24(22)30-25(23)26(33(29)28(32)35)20-11-8-7-9-12-20/h5,7-9,11-14,18,26,30H,1,6,10,15-17,19H2,2-4H3/t26-,29+/m1/s1. The highest BCUT2D eigenvalue weighted by Gasteiger charge is 2.59. The zero-order valence-corrected chi connectivity index (χ0v) is 21.3. The van der Waals surface area contributed by atoms with E-state index in [2.05, 4.69) is 16.5 Å². The van der Waals surface area contributed by atoms with E-state index in [1.54, 1.807) is 4.90 Å². The number of carbonyl (C=O) groups excluding carboxylic acids is 2. The van der Waals surface area contributed by atoms with Crippen molar-refractivity contribution in [3.63, 3.8) is 0 Å². The van der Waals surface area contributed by atoms with Crippen LogP contribution in [0.4, 0.5) is 4.79 Å². The number of hydrogen-bond acceptors (Lipinski definition) is 4. The first-order valence-electron chi connectivity index (χ1n) is 12.7. The second kappa shape index (κ2) is 9.47. The molecule has 3 amide bonds. The molecular formula is C29H34N4O3. The number of amides is 3. The molecule has 2 atom stereocenters. The first-order chi connectivity index (χ1) is 17.4.